The molecule has 9 heteroatoms. The van der Waals surface area contributed by atoms with Gasteiger partial charge in [0.2, 0.25) is 5.91 Å². The van der Waals surface area contributed by atoms with Gasteiger partial charge in [-0.2, -0.15) is 5.10 Å². The Labute approximate surface area is 178 Å². The second-order valence-electron chi connectivity index (χ2n) is 7.37. The third-order valence-corrected chi connectivity index (χ3v) is 6.21. The predicted octanol–water partition coefficient (Wildman–Crippen LogP) is 2.49. The molecule has 1 aromatic carbocycles. The lowest BCUT2D eigenvalue weighted by Gasteiger charge is -2.14. The topological polar surface area (TPSA) is 109 Å². The molecule has 0 saturated carbocycles. The molecule has 3 heterocycles. The molecule has 4 rings (SSSR count). The van der Waals surface area contributed by atoms with Crippen LogP contribution in [-0.4, -0.2) is 50.7 Å². The number of H-pyrrole nitrogens is 1. The molecule has 3 N–H and O–H groups in total. The first-order valence-corrected chi connectivity index (χ1v) is 11.2. The van der Waals surface area contributed by atoms with Crippen LogP contribution >= 0.6 is 11.8 Å². The van der Waals surface area contributed by atoms with E-state index in [1.54, 1.807) is 4.57 Å². The first-order valence-electron chi connectivity index (χ1n) is 10.2. The number of aromatic amines is 1. The number of aromatic nitrogens is 4. The Morgan fingerprint density at radius 3 is 2.90 bits per heavy atom. The van der Waals surface area contributed by atoms with E-state index >= 15 is 0 Å². The first kappa shape index (κ1) is 20.6. The van der Waals surface area contributed by atoms with Crippen LogP contribution in [0, 0.1) is 12.3 Å². The monoisotopic (exact) mass is 426 g/mol. The zero-order valence-electron chi connectivity index (χ0n) is 17.2. The van der Waals surface area contributed by atoms with Crippen LogP contribution in [0.2, 0.25) is 0 Å². The SMILES string of the molecule is CCc1ccc(-n2c(SCC(=O)NC[C@H]3CCCO3)nc3n[nH]c(C)c3c2=N)cc1. The number of aryl methyl sites for hydroxylation is 2. The van der Waals surface area contributed by atoms with Gasteiger partial charge in [0.15, 0.2) is 10.8 Å². The van der Waals surface area contributed by atoms with E-state index in [-0.39, 0.29) is 17.8 Å². The van der Waals surface area contributed by atoms with E-state index in [2.05, 4.69) is 39.6 Å². The third kappa shape index (κ3) is 4.27. The van der Waals surface area contributed by atoms with E-state index in [0.717, 1.165) is 37.3 Å². The summed E-state index contributed by atoms with van der Waals surface area (Å²) in [4.78, 5) is 17.0. The maximum Gasteiger partial charge on any atom is 0.230 e. The van der Waals surface area contributed by atoms with Crippen molar-refractivity contribution in [2.24, 2.45) is 0 Å². The fourth-order valence-corrected chi connectivity index (χ4v) is 4.40. The van der Waals surface area contributed by atoms with Gasteiger partial charge < -0.3 is 10.1 Å². The van der Waals surface area contributed by atoms with Crippen molar-refractivity contribution in [2.75, 3.05) is 18.9 Å². The van der Waals surface area contributed by atoms with Gasteiger partial charge in [0.05, 0.1) is 17.2 Å². The number of nitrogens with one attached hydrogen (secondary N) is 3. The van der Waals surface area contributed by atoms with Crippen molar-refractivity contribution in [3.63, 3.8) is 0 Å². The van der Waals surface area contributed by atoms with Crippen molar-refractivity contribution < 1.29 is 9.53 Å². The molecule has 1 aliphatic rings. The van der Waals surface area contributed by atoms with E-state index in [0.29, 0.717) is 28.2 Å². The fourth-order valence-electron chi connectivity index (χ4n) is 3.56. The molecule has 1 aliphatic heterocycles. The lowest BCUT2D eigenvalue weighted by Crippen LogP contribution is -2.33. The normalized spacial score (nSPS) is 16.3. The molecule has 0 aliphatic carbocycles. The number of benzene rings is 1. The summed E-state index contributed by atoms with van der Waals surface area (Å²) in [6, 6.07) is 8.08. The summed E-state index contributed by atoms with van der Waals surface area (Å²) in [6.45, 7) is 5.29. The van der Waals surface area contributed by atoms with E-state index in [1.165, 1.54) is 17.3 Å². The van der Waals surface area contributed by atoms with Gasteiger partial charge in [-0.3, -0.25) is 19.9 Å². The van der Waals surface area contributed by atoms with Crippen molar-refractivity contribution >= 4 is 28.7 Å². The molecule has 1 atom stereocenters. The Morgan fingerprint density at radius 2 is 2.20 bits per heavy atom. The van der Waals surface area contributed by atoms with Crippen LogP contribution in [-0.2, 0) is 16.0 Å². The summed E-state index contributed by atoms with van der Waals surface area (Å²) in [5.41, 5.74) is 3.66. The molecule has 2 aromatic heterocycles. The number of ether oxygens (including phenoxy) is 1. The Morgan fingerprint density at radius 1 is 1.40 bits per heavy atom. The number of nitrogens with zero attached hydrogens (tertiary/aromatic N) is 3. The van der Waals surface area contributed by atoms with Crippen LogP contribution < -0.4 is 10.8 Å². The smallest absolute Gasteiger partial charge is 0.230 e. The van der Waals surface area contributed by atoms with E-state index in [1.807, 2.05) is 19.1 Å². The fraction of sp³-hybridized carbons (Fsp3) is 0.429. The number of thioether (sulfide) groups is 1. The van der Waals surface area contributed by atoms with Crippen molar-refractivity contribution in [3.05, 3.63) is 41.0 Å². The second kappa shape index (κ2) is 9.01. The lowest BCUT2D eigenvalue weighted by atomic mass is 10.1. The number of rotatable bonds is 7. The maximum absolute atomic E-state index is 12.4. The van der Waals surface area contributed by atoms with Gasteiger partial charge in [-0.05, 0) is 43.9 Å². The summed E-state index contributed by atoms with van der Waals surface area (Å²) in [7, 11) is 0. The number of carbonyl (C=O) groups excluding carboxylic acids is 1. The van der Waals surface area contributed by atoms with E-state index < -0.39 is 0 Å². The predicted molar refractivity (Wildman–Crippen MR) is 116 cm³/mol. The number of fused-ring (bicyclic) bond motifs is 1. The molecule has 1 fully saturated rings. The zero-order chi connectivity index (χ0) is 21.1. The highest BCUT2D eigenvalue weighted by atomic mass is 32.2. The minimum atomic E-state index is -0.0741. The van der Waals surface area contributed by atoms with E-state index in [9.17, 15) is 4.79 Å². The average molecular weight is 427 g/mol. The summed E-state index contributed by atoms with van der Waals surface area (Å²) in [5.74, 6) is 0.135. The molecular weight excluding hydrogens is 400 g/mol. The average Bonchev–Trinajstić information content (AvgIpc) is 3.41. The Balaban J connectivity index is 1.60. The maximum atomic E-state index is 12.4. The number of carbonyl (C=O) groups is 1. The Hall–Kier alpha value is -2.65. The summed E-state index contributed by atoms with van der Waals surface area (Å²) in [6.07, 6.45) is 3.09. The van der Waals surface area contributed by atoms with Crippen molar-refractivity contribution in [1.29, 1.82) is 5.41 Å². The van der Waals surface area contributed by atoms with Gasteiger partial charge in [0, 0.05) is 24.5 Å². The molecule has 0 radical (unpaired) electrons. The molecule has 1 amide bonds. The van der Waals surface area contributed by atoms with E-state index in [4.69, 9.17) is 10.1 Å². The van der Waals surface area contributed by atoms with Crippen molar-refractivity contribution in [2.45, 2.75) is 44.4 Å². The third-order valence-electron chi connectivity index (χ3n) is 5.27. The highest BCUT2D eigenvalue weighted by molar-refractivity contribution is 7.99. The van der Waals surface area contributed by atoms with Crippen LogP contribution in [0.3, 0.4) is 0 Å². The number of hydrogen-bond acceptors (Lipinski definition) is 6. The number of hydrogen-bond donors (Lipinski definition) is 3. The first-order chi connectivity index (χ1) is 14.6. The highest BCUT2D eigenvalue weighted by Crippen LogP contribution is 2.22. The van der Waals surface area contributed by atoms with Crippen LogP contribution in [0.25, 0.3) is 16.7 Å². The largest absolute Gasteiger partial charge is 0.376 e. The van der Waals surface area contributed by atoms with Crippen LogP contribution in [0.4, 0.5) is 0 Å². The molecule has 8 nitrogen and oxygen atoms in total. The zero-order valence-corrected chi connectivity index (χ0v) is 18.0. The summed E-state index contributed by atoms with van der Waals surface area (Å²) < 4.78 is 7.33. The van der Waals surface area contributed by atoms with Gasteiger partial charge in [-0.15, -0.1) is 0 Å². The lowest BCUT2D eigenvalue weighted by molar-refractivity contribution is -0.119. The quantitative estimate of drug-likeness (QED) is 0.397. The van der Waals surface area contributed by atoms with Crippen molar-refractivity contribution in [1.82, 2.24) is 25.1 Å². The summed E-state index contributed by atoms with van der Waals surface area (Å²) in [5, 5.41) is 20.1. The minimum Gasteiger partial charge on any atom is -0.376 e. The molecule has 3 aromatic rings. The highest BCUT2D eigenvalue weighted by Gasteiger charge is 2.18. The molecule has 0 bridgehead atoms. The Kier molecular flexibility index (Phi) is 6.19. The van der Waals surface area contributed by atoms with Gasteiger partial charge >= 0.3 is 0 Å². The summed E-state index contributed by atoms with van der Waals surface area (Å²) >= 11 is 1.31. The molecule has 1 saturated heterocycles. The van der Waals surface area contributed by atoms with Crippen molar-refractivity contribution in [3.8, 4) is 5.69 Å². The second-order valence-corrected chi connectivity index (χ2v) is 8.32. The molecule has 158 valence electrons. The minimum absolute atomic E-state index is 0.0741. The van der Waals surface area contributed by atoms with Crippen LogP contribution in [0.15, 0.2) is 29.4 Å². The molecule has 0 unspecified atom stereocenters. The molecule has 0 spiro atoms. The molecule has 30 heavy (non-hydrogen) atoms. The molecular formula is C21H26N6O2S. The van der Waals surface area contributed by atoms with Gasteiger partial charge in [-0.1, -0.05) is 30.8 Å². The number of amides is 1. The Bertz CT molecular complexity index is 1100. The van der Waals surface area contributed by atoms with Gasteiger partial charge in [0.25, 0.3) is 0 Å². The standard InChI is InChI=1S/C21H26N6O2S/c1-3-14-6-8-15(9-7-14)27-19(22)18-13(2)25-26-20(18)24-21(27)30-12-17(28)23-11-16-5-4-10-29-16/h6-9,16,22H,3-5,10-12H2,1-2H3,(H,23,28)(H,25,26)/t16-/m1/s1. The van der Waals surface area contributed by atoms with Crippen LogP contribution in [0.5, 0.6) is 0 Å². The van der Waals surface area contributed by atoms with Gasteiger partial charge in [-0.25, -0.2) is 4.98 Å². The van der Waals surface area contributed by atoms with Crippen LogP contribution in [0.1, 0.15) is 31.0 Å². The van der Waals surface area contributed by atoms with Gasteiger partial charge in [0.1, 0.15) is 5.49 Å².